The smallest absolute Gasteiger partial charge is 0.422 e. The molecule has 0 aromatic carbocycles. The molecule has 130 valence electrons. The van der Waals surface area contributed by atoms with E-state index in [9.17, 15) is 26.4 Å². The van der Waals surface area contributed by atoms with Crippen LogP contribution >= 0.6 is 0 Å². The summed E-state index contributed by atoms with van der Waals surface area (Å²) in [7, 11) is -4.18. The Morgan fingerprint density at radius 3 is 2.39 bits per heavy atom. The minimum absolute atomic E-state index is 0.385. The summed E-state index contributed by atoms with van der Waals surface area (Å²) < 4.78 is 66.4. The number of ether oxygens (including phenoxy) is 1. The number of carboxylic acid groups (broad SMARTS) is 1. The molecule has 0 saturated carbocycles. The Bertz CT molecular complexity index is 644. The van der Waals surface area contributed by atoms with Crippen LogP contribution in [0.3, 0.4) is 0 Å². The van der Waals surface area contributed by atoms with E-state index in [2.05, 4.69) is 9.72 Å². The molecule has 0 bridgehead atoms. The third kappa shape index (κ3) is 6.02. The highest BCUT2D eigenvalue weighted by atomic mass is 32.2. The number of rotatable bonds is 7. The predicted octanol–water partition coefficient (Wildman–Crippen LogP) is 1.41. The fraction of sp³-hybridized carbons (Fsp3) is 0.500. The normalized spacial score (nSPS) is 13.8. The largest absolute Gasteiger partial charge is 0.480 e. The first-order valence-corrected chi connectivity index (χ1v) is 7.81. The molecule has 0 amide bonds. The van der Waals surface area contributed by atoms with E-state index in [0.29, 0.717) is 0 Å². The first-order valence-electron chi connectivity index (χ1n) is 6.33. The number of nitrogens with one attached hydrogen (secondary N) is 1. The number of pyridine rings is 1. The second kappa shape index (κ2) is 7.13. The molecule has 0 aliphatic heterocycles. The summed E-state index contributed by atoms with van der Waals surface area (Å²) in [6.07, 6.45) is -3.76. The van der Waals surface area contributed by atoms with Gasteiger partial charge in [-0.1, -0.05) is 13.8 Å². The quantitative estimate of drug-likeness (QED) is 0.765. The van der Waals surface area contributed by atoms with Crippen LogP contribution in [0.15, 0.2) is 23.2 Å². The SMILES string of the molecule is CC(C)[C@@H](NS(=O)(=O)c1ccc(OCC(F)(F)F)nc1)C(=O)O. The van der Waals surface area contributed by atoms with Crippen molar-refractivity contribution in [3.05, 3.63) is 18.3 Å². The number of alkyl halides is 3. The second-order valence-electron chi connectivity index (χ2n) is 4.92. The van der Waals surface area contributed by atoms with Crippen molar-refractivity contribution in [2.24, 2.45) is 5.92 Å². The van der Waals surface area contributed by atoms with Gasteiger partial charge in [0.05, 0.1) is 6.20 Å². The molecule has 0 aliphatic rings. The van der Waals surface area contributed by atoms with E-state index >= 15 is 0 Å². The van der Waals surface area contributed by atoms with Gasteiger partial charge < -0.3 is 9.84 Å². The van der Waals surface area contributed by atoms with Crippen molar-refractivity contribution < 1.29 is 36.2 Å². The number of aliphatic carboxylic acids is 1. The van der Waals surface area contributed by atoms with Crippen molar-refractivity contribution in [2.45, 2.75) is 31.0 Å². The summed E-state index contributed by atoms with van der Waals surface area (Å²) in [5.41, 5.74) is 0. The van der Waals surface area contributed by atoms with Gasteiger partial charge in [-0.2, -0.15) is 17.9 Å². The van der Waals surface area contributed by atoms with Crippen LogP contribution in [0, 0.1) is 5.92 Å². The van der Waals surface area contributed by atoms with Crippen LogP contribution in [0.4, 0.5) is 13.2 Å². The Labute approximate surface area is 130 Å². The molecule has 0 saturated heterocycles. The van der Waals surface area contributed by atoms with Gasteiger partial charge in [-0.15, -0.1) is 0 Å². The molecule has 0 fully saturated rings. The summed E-state index contributed by atoms with van der Waals surface area (Å²) in [6, 6.07) is 0.576. The molecule has 1 rings (SSSR count). The number of carbonyl (C=O) groups is 1. The van der Waals surface area contributed by atoms with Crippen LogP contribution in [0.1, 0.15) is 13.8 Å². The predicted molar refractivity (Wildman–Crippen MR) is 72.4 cm³/mol. The maximum Gasteiger partial charge on any atom is 0.422 e. The number of nitrogens with zero attached hydrogens (tertiary/aromatic N) is 1. The van der Waals surface area contributed by atoms with E-state index < -0.39 is 46.6 Å². The molecule has 1 heterocycles. The monoisotopic (exact) mass is 356 g/mol. The van der Waals surface area contributed by atoms with Crippen molar-refractivity contribution in [3.8, 4) is 5.88 Å². The molecule has 11 heteroatoms. The fourth-order valence-corrected chi connectivity index (χ4v) is 2.76. The van der Waals surface area contributed by atoms with E-state index in [1.807, 2.05) is 4.72 Å². The van der Waals surface area contributed by atoms with Crippen LogP contribution in [-0.2, 0) is 14.8 Å². The minimum Gasteiger partial charge on any atom is -0.480 e. The average molecular weight is 356 g/mol. The highest BCUT2D eigenvalue weighted by molar-refractivity contribution is 7.89. The lowest BCUT2D eigenvalue weighted by molar-refractivity contribution is -0.154. The maximum atomic E-state index is 12.0. The molecule has 1 aromatic rings. The fourth-order valence-electron chi connectivity index (χ4n) is 1.47. The topological polar surface area (TPSA) is 106 Å². The summed E-state index contributed by atoms with van der Waals surface area (Å²) in [6.45, 7) is 1.49. The van der Waals surface area contributed by atoms with Crippen molar-refractivity contribution in [3.63, 3.8) is 0 Å². The van der Waals surface area contributed by atoms with E-state index in [-0.39, 0.29) is 4.90 Å². The van der Waals surface area contributed by atoms with E-state index in [4.69, 9.17) is 5.11 Å². The molecule has 0 spiro atoms. The van der Waals surface area contributed by atoms with Crippen LogP contribution < -0.4 is 9.46 Å². The van der Waals surface area contributed by atoms with Gasteiger partial charge in [0.25, 0.3) is 0 Å². The zero-order valence-electron chi connectivity index (χ0n) is 12.2. The van der Waals surface area contributed by atoms with Gasteiger partial charge in [0.1, 0.15) is 10.9 Å². The molecule has 2 N–H and O–H groups in total. The summed E-state index contributed by atoms with van der Waals surface area (Å²) in [5, 5.41) is 8.98. The van der Waals surface area contributed by atoms with Crippen molar-refractivity contribution in [2.75, 3.05) is 6.61 Å². The van der Waals surface area contributed by atoms with Gasteiger partial charge in [0, 0.05) is 6.07 Å². The lowest BCUT2D eigenvalue weighted by atomic mass is 10.1. The lowest BCUT2D eigenvalue weighted by Gasteiger charge is -2.17. The summed E-state index contributed by atoms with van der Waals surface area (Å²) in [5.74, 6) is -2.26. The molecule has 1 aromatic heterocycles. The van der Waals surface area contributed by atoms with Gasteiger partial charge in [0.15, 0.2) is 6.61 Å². The van der Waals surface area contributed by atoms with Crippen molar-refractivity contribution in [1.82, 2.24) is 9.71 Å². The third-order valence-corrected chi connectivity index (χ3v) is 4.04. The van der Waals surface area contributed by atoms with E-state index in [1.54, 1.807) is 0 Å². The Kier molecular flexibility index (Phi) is 5.94. The third-order valence-electron chi connectivity index (χ3n) is 2.62. The molecular weight excluding hydrogens is 341 g/mol. The zero-order valence-corrected chi connectivity index (χ0v) is 13.0. The Morgan fingerprint density at radius 1 is 1.39 bits per heavy atom. The minimum atomic E-state index is -4.54. The number of hydrogen-bond donors (Lipinski definition) is 2. The number of sulfonamides is 1. The Morgan fingerprint density at radius 2 is 2.00 bits per heavy atom. The van der Waals surface area contributed by atoms with Crippen LogP contribution in [-0.4, -0.2) is 43.3 Å². The van der Waals surface area contributed by atoms with Gasteiger partial charge in [-0.05, 0) is 12.0 Å². The molecular formula is C12H15F3N2O5S. The lowest BCUT2D eigenvalue weighted by Crippen LogP contribution is -2.44. The highest BCUT2D eigenvalue weighted by Gasteiger charge is 2.30. The van der Waals surface area contributed by atoms with Crippen LogP contribution in [0.5, 0.6) is 5.88 Å². The van der Waals surface area contributed by atoms with Gasteiger partial charge in [-0.25, -0.2) is 13.4 Å². The molecule has 7 nitrogen and oxygen atoms in total. The number of aromatic nitrogens is 1. The average Bonchev–Trinajstić information content (AvgIpc) is 2.42. The zero-order chi connectivity index (χ0) is 17.8. The van der Waals surface area contributed by atoms with Gasteiger partial charge in [-0.3, -0.25) is 4.79 Å². The maximum absolute atomic E-state index is 12.0. The first kappa shape index (κ1) is 19.2. The summed E-state index contributed by atoms with van der Waals surface area (Å²) >= 11 is 0. The van der Waals surface area contributed by atoms with E-state index in [0.717, 1.165) is 18.3 Å². The molecule has 0 aliphatic carbocycles. The summed E-state index contributed by atoms with van der Waals surface area (Å²) in [4.78, 5) is 14.1. The van der Waals surface area contributed by atoms with Gasteiger partial charge in [0.2, 0.25) is 15.9 Å². The van der Waals surface area contributed by atoms with E-state index in [1.165, 1.54) is 13.8 Å². The number of carboxylic acids is 1. The first-order chi connectivity index (χ1) is 10.4. The molecule has 23 heavy (non-hydrogen) atoms. The van der Waals surface area contributed by atoms with Crippen molar-refractivity contribution in [1.29, 1.82) is 0 Å². The molecule has 0 unspecified atom stereocenters. The van der Waals surface area contributed by atoms with Crippen LogP contribution in [0.25, 0.3) is 0 Å². The number of halogens is 3. The van der Waals surface area contributed by atoms with Gasteiger partial charge >= 0.3 is 12.1 Å². The highest BCUT2D eigenvalue weighted by Crippen LogP contribution is 2.18. The van der Waals surface area contributed by atoms with Crippen molar-refractivity contribution >= 4 is 16.0 Å². The molecule has 1 atom stereocenters. The Balaban J connectivity index is 2.87. The standard InChI is InChI=1S/C12H15F3N2O5S/c1-7(2)10(11(18)19)17-23(20,21)8-3-4-9(16-5-8)22-6-12(13,14)15/h3-5,7,10,17H,6H2,1-2H3,(H,18,19)/t10-/m1/s1. The number of hydrogen-bond acceptors (Lipinski definition) is 5. The molecule has 0 radical (unpaired) electrons. The second-order valence-corrected chi connectivity index (χ2v) is 6.63. The Hall–Kier alpha value is -1.88. The van der Waals surface area contributed by atoms with Crippen LogP contribution in [0.2, 0.25) is 0 Å².